The van der Waals surface area contributed by atoms with Gasteiger partial charge in [0.15, 0.2) is 0 Å². The van der Waals surface area contributed by atoms with Crippen molar-refractivity contribution in [1.29, 1.82) is 0 Å². The Balaban J connectivity index is 0.970. The van der Waals surface area contributed by atoms with E-state index >= 15 is 0 Å². The zero-order chi connectivity index (χ0) is 37.0. The molecule has 2 nitrogen and oxygen atoms in total. The number of furan rings is 1. The molecule has 0 atom stereocenters. The van der Waals surface area contributed by atoms with Crippen molar-refractivity contribution in [3.63, 3.8) is 0 Å². The van der Waals surface area contributed by atoms with Crippen LogP contribution in [0.15, 0.2) is 217 Å². The minimum Gasteiger partial charge on any atom is -0.455 e. The maximum absolute atomic E-state index is 6.47. The van der Waals surface area contributed by atoms with Crippen LogP contribution in [0.1, 0.15) is 0 Å². The van der Waals surface area contributed by atoms with Crippen LogP contribution in [0.25, 0.3) is 87.6 Å². The van der Waals surface area contributed by atoms with Gasteiger partial charge < -0.3 is 9.32 Å². The summed E-state index contributed by atoms with van der Waals surface area (Å²) < 4.78 is 6.47. The molecule has 0 N–H and O–H groups in total. The summed E-state index contributed by atoms with van der Waals surface area (Å²) >= 11 is 0. The van der Waals surface area contributed by atoms with Crippen molar-refractivity contribution in [2.24, 2.45) is 0 Å². The predicted molar refractivity (Wildman–Crippen MR) is 237 cm³/mol. The summed E-state index contributed by atoms with van der Waals surface area (Å²) in [5, 5.41) is 9.76. The molecule has 0 aliphatic rings. The molecule has 0 saturated heterocycles. The maximum atomic E-state index is 6.47. The summed E-state index contributed by atoms with van der Waals surface area (Å²) in [6, 6.07) is 76.5. The molecule has 10 aromatic carbocycles. The largest absolute Gasteiger partial charge is 0.455 e. The highest BCUT2D eigenvalue weighted by molar-refractivity contribution is 6.11. The second-order valence-corrected chi connectivity index (χ2v) is 14.5. The van der Waals surface area contributed by atoms with Crippen LogP contribution >= 0.6 is 0 Å². The first kappa shape index (κ1) is 32.0. The Morgan fingerprint density at radius 1 is 0.286 bits per heavy atom. The van der Waals surface area contributed by atoms with E-state index in [0.717, 1.165) is 61.3 Å². The van der Waals surface area contributed by atoms with E-state index in [4.69, 9.17) is 4.42 Å². The molecule has 0 radical (unpaired) electrons. The van der Waals surface area contributed by atoms with Gasteiger partial charge >= 0.3 is 0 Å². The fraction of sp³-hybridized carbons (Fsp3) is 0. The lowest BCUT2D eigenvalue weighted by molar-refractivity contribution is 0.670. The number of hydrogen-bond acceptors (Lipinski definition) is 2. The fourth-order valence-corrected chi connectivity index (χ4v) is 8.37. The Bertz CT molecular complexity index is 3230. The first-order valence-corrected chi connectivity index (χ1v) is 19.2. The van der Waals surface area contributed by atoms with Gasteiger partial charge in [0.1, 0.15) is 11.2 Å². The zero-order valence-corrected chi connectivity index (χ0v) is 30.6. The number of benzene rings is 10. The molecule has 0 bridgehead atoms. The summed E-state index contributed by atoms with van der Waals surface area (Å²) in [5.74, 6) is 0. The molecule has 0 unspecified atom stereocenters. The highest BCUT2D eigenvalue weighted by Gasteiger charge is 2.16. The van der Waals surface area contributed by atoms with Crippen molar-refractivity contribution in [1.82, 2.24) is 0 Å². The monoisotopic (exact) mass is 713 g/mol. The zero-order valence-electron chi connectivity index (χ0n) is 30.6. The van der Waals surface area contributed by atoms with Gasteiger partial charge in [-0.15, -0.1) is 0 Å². The predicted octanol–water partition coefficient (Wildman–Crippen LogP) is 15.5. The quantitative estimate of drug-likeness (QED) is 0.160. The normalized spacial score (nSPS) is 11.6. The van der Waals surface area contributed by atoms with Crippen molar-refractivity contribution in [3.05, 3.63) is 212 Å². The van der Waals surface area contributed by atoms with Gasteiger partial charge in [-0.05, 0) is 115 Å². The van der Waals surface area contributed by atoms with Crippen LogP contribution in [0, 0.1) is 0 Å². The number of anilines is 3. The first-order chi connectivity index (χ1) is 27.7. The molecule has 0 spiro atoms. The van der Waals surface area contributed by atoms with E-state index in [2.05, 4.69) is 211 Å². The van der Waals surface area contributed by atoms with Crippen LogP contribution in [0.3, 0.4) is 0 Å². The van der Waals surface area contributed by atoms with Gasteiger partial charge in [0.2, 0.25) is 0 Å². The van der Waals surface area contributed by atoms with Gasteiger partial charge in [-0.3, -0.25) is 0 Å². The molecule has 262 valence electrons. The van der Waals surface area contributed by atoms with Crippen LogP contribution < -0.4 is 4.90 Å². The smallest absolute Gasteiger partial charge is 0.143 e. The van der Waals surface area contributed by atoms with Gasteiger partial charge in [-0.1, -0.05) is 158 Å². The second-order valence-electron chi connectivity index (χ2n) is 14.5. The minimum atomic E-state index is 0.895. The molecule has 11 rings (SSSR count). The molecular formula is C54H35NO. The van der Waals surface area contributed by atoms with Crippen molar-refractivity contribution < 1.29 is 4.42 Å². The van der Waals surface area contributed by atoms with Crippen LogP contribution in [0.4, 0.5) is 17.1 Å². The van der Waals surface area contributed by atoms with Crippen molar-refractivity contribution in [3.8, 4) is 33.4 Å². The number of para-hydroxylation sites is 1. The van der Waals surface area contributed by atoms with Crippen LogP contribution in [-0.4, -0.2) is 0 Å². The van der Waals surface area contributed by atoms with Crippen LogP contribution in [0.5, 0.6) is 0 Å². The average molecular weight is 714 g/mol. The molecule has 1 heterocycles. The minimum absolute atomic E-state index is 0.895. The van der Waals surface area contributed by atoms with E-state index in [0.29, 0.717) is 0 Å². The second kappa shape index (κ2) is 13.2. The lowest BCUT2D eigenvalue weighted by atomic mass is 9.97. The van der Waals surface area contributed by atoms with Crippen LogP contribution in [-0.2, 0) is 0 Å². The number of hydrogen-bond donors (Lipinski definition) is 0. The molecule has 0 fully saturated rings. The Labute approximate surface area is 325 Å². The van der Waals surface area contributed by atoms with Gasteiger partial charge in [0, 0.05) is 33.4 Å². The van der Waals surface area contributed by atoms with E-state index in [1.54, 1.807) is 0 Å². The topological polar surface area (TPSA) is 16.4 Å². The highest BCUT2D eigenvalue weighted by atomic mass is 16.3. The van der Waals surface area contributed by atoms with E-state index in [1.807, 2.05) is 6.07 Å². The third-order valence-electron chi connectivity index (χ3n) is 11.2. The van der Waals surface area contributed by atoms with Gasteiger partial charge in [0.25, 0.3) is 0 Å². The Kier molecular flexibility index (Phi) is 7.53. The molecular weight excluding hydrogens is 679 g/mol. The lowest BCUT2D eigenvalue weighted by Gasteiger charge is -2.26. The average Bonchev–Trinajstić information content (AvgIpc) is 3.65. The molecule has 0 amide bonds. The Morgan fingerprint density at radius 3 is 1.57 bits per heavy atom. The molecule has 11 aromatic rings. The summed E-state index contributed by atoms with van der Waals surface area (Å²) in [5.41, 5.74) is 12.1. The Morgan fingerprint density at radius 2 is 0.821 bits per heavy atom. The van der Waals surface area contributed by atoms with E-state index < -0.39 is 0 Å². The summed E-state index contributed by atoms with van der Waals surface area (Å²) in [6.45, 7) is 0. The maximum Gasteiger partial charge on any atom is 0.143 e. The van der Waals surface area contributed by atoms with Crippen LogP contribution in [0.2, 0.25) is 0 Å². The fourth-order valence-electron chi connectivity index (χ4n) is 8.37. The van der Waals surface area contributed by atoms with Gasteiger partial charge in [-0.25, -0.2) is 0 Å². The van der Waals surface area contributed by atoms with E-state index in [1.165, 1.54) is 43.4 Å². The van der Waals surface area contributed by atoms with E-state index in [-0.39, 0.29) is 0 Å². The van der Waals surface area contributed by atoms with Gasteiger partial charge in [0.05, 0.1) is 0 Å². The van der Waals surface area contributed by atoms with Crippen molar-refractivity contribution in [2.45, 2.75) is 0 Å². The third-order valence-corrected chi connectivity index (χ3v) is 11.2. The Hall–Kier alpha value is -7.42. The van der Waals surface area contributed by atoms with E-state index in [9.17, 15) is 0 Å². The van der Waals surface area contributed by atoms with Gasteiger partial charge in [-0.2, -0.15) is 0 Å². The standard InChI is InChI=1S/C54H35NO/c1-2-10-39(11-3-1)49-15-8-16-50-52-35-44(26-32-53(52)56-54(49)50)38-23-29-46(30-24-38)55(47-31-25-36-9-4-5-13-42(36)33-47)45-27-21-37(22-28-45)43-20-19-41-18-17-40-12-6-7-14-48(40)51(41)34-43/h1-35H. The third kappa shape index (κ3) is 5.51. The number of fused-ring (bicyclic) bond motifs is 7. The lowest BCUT2D eigenvalue weighted by Crippen LogP contribution is -2.09. The summed E-state index contributed by atoms with van der Waals surface area (Å²) in [6.07, 6.45) is 0. The SMILES string of the molecule is c1ccc(-c2cccc3c2oc2ccc(-c4ccc(N(c5ccc(-c6ccc7ccc8ccccc8c7c6)cc5)c5ccc6ccccc6c5)cc4)cc23)cc1. The summed E-state index contributed by atoms with van der Waals surface area (Å²) in [4.78, 5) is 2.35. The molecule has 0 aliphatic carbocycles. The number of rotatable bonds is 6. The highest BCUT2D eigenvalue weighted by Crippen LogP contribution is 2.41. The van der Waals surface area contributed by atoms with Crippen molar-refractivity contribution in [2.75, 3.05) is 4.90 Å². The van der Waals surface area contributed by atoms with Crippen molar-refractivity contribution >= 4 is 71.3 Å². The molecule has 0 saturated carbocycles. The molecule has 0 aliphatic heterocycles. The number of nitrogens with zero attached hydrogens (tertiary/aromatic N) is 1. The molecule has 2 heteroatoms. The molecule has 56 heavy (non-hydrogen) atoms. The first-order valence-electron chi connectivity index (χ1n) is 19.2. The summed E-state index contributed by atoms with van der Waals surface area (Å²) in [7, 11) is 0. The molecule has 1 aromatic heterocycles.